The van der Waals surface area contributed by atoms with E-state index < -0.39 is 0 Å². The van der Waals surface area contributed by atoms with Gasteiger partial charge in [-0.1, -0.05) is 20.8 Å². The summed E-state index contributed by atoms with van der Waals surface area (Å²) in [6, 6.07) is -0.0613. The minimum absolute atomic E-state index is 0.0613. The second-order valence-electron chi connectivity index (χ2n) is 7.69. The van der Waals surface area contributed by atoms with E-state index in [0.29, 0.717) is 19.5 Å². The number of hydrogen-bond donors (Lipinski definition) is 1. The van der Waals surface area contributed by atoms with Gasteiger partial charge in [-0.3, -0.25) is 4.79 Å². The number of nitrogens with zero attached hydrogens (tertiary/aromatic N) is 1. The molecule has 1 amide bonds. The molecule has 0 radical (unpaired) electrons. The van der Waals surface area contributed by atoms with E-state index in [0.717, 1.165) is 6.42 Å². The van der Waals surface area contributed by atoms with Crippen molar-refractivity contribution in [1.29, 1.82) is 0 Å². The molecule has 1 heterocycles. The summed E-state index contributed by atoms with van der Waals surface area (Å²) in [7, 11) is 0. The van der Waals surface area contributed by atoms with E-state index in [2.05, 4.69) is 20.8 Å². The Morgan fingerprint density at radius 2 is 2.05 bits per heavy atom. The van der Waals surface area contributed by atoms with Crippen LogP contribution in [-0.2, 0) is 9.53 Å². The topological polar surface area (TPSA) is 55.6 Å². The Morgan fingerprint density at radius 3 is 2.53 bits per heavy atom. The van der Waals surface area contributed by atoms with Crippen LogP contribution in [0.25, 0.3) is 0 Å². The highest BCUT2D eigenvalue weighted by Gasteiger charge is 2.34. The molecule has 0 aromatic carbocycles. The largest absolute Gasteiger partial charge is 0.369 e. The average molecular weight is 270 g/mol. The van der Waals surface area contributed by atoms with Gasteiger partial charge in [0, 0.05) is 25.6 Å². The van der Waals surface area contributed by atoms with Crippen molar-refractivity contribution in [2.75, 3.05) is 13.1 Å². The third kappa shape index (κ3) is 5.91. The van der Waals surface area contributed by atoms with Crippen LogP contribution in [0.1, 0.15) is 54.4 Å². The second-order valence-corrected chi connectivity index (χ2v) is 7.69. The molecule has 2 N–H and O–H groups in total. The summed E-state index contributed by atoms with van der Waals surface area (Å²) in [5.41, 5.74) is 5.99. The highest BCUT2D eigenvalue weighted by atomic mass is 16.5. The fraction of sp³-hybridized carbons (Fsp3) is 0.933. The zero-order valence-electron chi connectivity index (χ0n) is 13.3. The molecular weight excluding hydrogens is 240 g/mol. The van der Waals surface area contributed by atoms with Crippen molar-refractivity contribution in [2.24, 2.45) is 11.1 Å². The Kier molecular flexibility index (Phi) is 5.02. The van der Waals surface area contributed by atoms with Crippen LogP contribution in [-0.4, -0.2) is 41.6 Å². The standard InChI is InChI=1S/C15H30N2O2/c1-11-9-17(10-15(5,6)19-11)13(18)7-12(16)8-14(2,3)4/h11-12H,7-10,16H2,1-6H3. The molecule has 0 bridgehead atoms. The van der Waals surface area contributed by atoms with E-state index in [-0.39, 0.29) is 29.1 Å². The molecule has 1 rings (SSSR count). The summed E-state index contributed by atoms with van der Waals surface area (Å²) >= 11 is 0. The van der Waals surface area contributed by atoms with E-state index in [1.54, 1.807) is 0 Å². The van der Waals surface area contributed by atoms with Crippen molar-refractivity contribution in [3.05, 3.63) is 0 Å². The third-order valence-corrected chi connectivity index (χ3v) is 3.23. The van der Waals surface area contributed by atoms with Crippen LogP contribution >= 0.6 is 0 Å². The van der Waals surface area contributed by atoms with E-state index in [1.807, 2.05) is 25.7 Å². The smallest absolute Gasteiger partial charge is 0.224 e. The van der Waals surface area contributed by atoms with Gasteiger partial charge in [0.15, 0.2) is 0 Å². The molecule has 19 heavy (non-hydrogen) atoms. The van der Waals surface area contributed by atoms with Crippen LogP contribution < -0.4 is 5.73 Å². The lowest BCUT2D eigenvalue weighted by Crippen LogP contribution is -2.54. The molecular formula is C15H30N2O2. The quantitative estimate of drug-likeness (QED) is 0.855. The molecule has 112 valence electrons. The van der Waals surface area contributed by atoms with Crippen molar-refractivity contribution in [2.45, 2.75) is 72.1 Å². The minimum Gasteiger partial charge on any atom is -0.369 e. The van der Waals surface area contributed by atoms with Gasteiger partial charge >= 0.3 is 0 Å². The van der Waals surface area contributed by atoms with E-state index in [4.69, 9.17) is 10.5 Å². The van der Waals surface area contributed by atoms with Gasteiger partial charge in [-0.15, -0.1) is 0 Å². The zero-order valence-corrected chi connectivity index (χ0v) is 13.3. The first-order chi connectivity index (χ1) is 8.48. The molecule has 0 spiro atoms. The number of amides is 1. The van der Waals surface area contributed by atoms with E-state index >= 15 is 0 Å². The second kappa shape index (κ2) is 5.80. The van der Waals surface area contributed by atoms with Crippen molar-refractivity contribution >= 4 is 5.91 Å². The Hall–Kier alpha value is -0.610. The molecule has 1 fully saturated rings. The number of carbonyl (C=O) groups excluding carboxylic acids is 1. The lowest BCUT2D eigenvalue weighted by Gasteiger charge is -2.42. The summed E-state index contributed by atoms with van der Waals surface area (Å²) in [4.78, 5) is 14.2. The minimum atomic E-state index is -0.262. The Morgan fingerprint density at radius 1 is 1.47 bits per heavy atom. The van der Waals surface area contributed by atoms with Crippen LogP contribution in [0.2, 0.25) is 0 Å². The maximum atomic E-state index is 12.3. The zero-order chi connectivity index (χ0) is 14.8. The summed E-state index contributed by atoms with van der Waals surface area (Å²) in [6.07, 6.45) is 1.38. The number of ether oxygens (including phenoxy) is 1. The predicted molar refractivity (Wildman–Crippen MR) is 77.9 cm³/mol. The molecule has 0 aromatic heterocycles. The van der Waals surface area contributed by atoms with Gasteiger partial charge in [0.05, 0.1) is 11.7 Å². The molecule has 0 aromatic rings. The Labute approximate surface area is 117 Å². The summed E-state index contributed by atoms with van der Waals surface area (Å²) in [5, 5.41) is 0. The first-order valence-electron chi connectivity index (χ1n) is 7.20. The fourth-order valence-electron chi connectivity index (χ4n) is 2.86. The van der Waals surface area contributed by atoms with Crippen molar-refractivity contribution in [3.8, 4) is 0 Å². The normalized spacial score (nSPS) is 25.2. The lowest BCUT2D eigenvalue weighted by molar-refractivity contribution is -0.158. The molecule has 4 nitrogen and oxygen atoms in total. The highest BCUT2D eigenvalue weighted by molar-refractivity contribution is 5.77. The van der Waals surface area contributed by atoms with Crippen LogP contribution in [0.5, 0.6) is 0 Å². The summed E-state index contributed by atoms with van der Waals surface area (Å²) in [6.45, 7) is 13.8. The van der Waals surface area contributed by atoms with Gasteiger partial charge in [0.25, 0.3) is 0 Å². The average Bonchev–Trinajstić information content (AvgIpc) is 2.10. The summed E-state index contributed by atoms with van der Waals surface area (Å²) < 4.78 is 5.81. The van der Waals surface area contributed by atoms with Gasteiger partial charge in [-0.05, 0) is 32.6 Å². The first kappa shape index (κ1) is 16.4. The van der Waals surface area contributed by atoms with Gasteiger partial charge in [0.1, 0.15) is 0 Å². The number of morpholine rings is 1. The fourth-order valence-corrected chi connectivity index (χ4v) is 2.86. The SMILES string of the molecule is CC1CN(C(=O)CC(N)CC(C)(C)C)CC(C)(C)O1. The Balaban J connectivity index is 2.53. The van der Waals surface area contributed by atoms with Gasteiger partial charge in [-0.2, -0.15) is 0 Å². The maximum absolute atomic E-state index is 12.3. The van der Waals surface area contributed by atoms with Crippen LogP contribution in [0, 0.1) is 5.41 Å². The van der Waals surface area contributed by atoms with Crippen LogP contribution in [0.3, 0.4) is 0 Å². The van der Waals surface area contributed by atoms with Crippen molar-refractivity contribution in [1.82, 2.24) is 4.90 Å². The lowest BCUT2D eigenvalue weighted by atomic mass is 9.87. The predicted octanol–water partition coefficient (Wildman–Crippen LogP) is 2.17. The molecule has 0 aliphatic carbocycles. The maximum Gasteiger partial charge on any atom is 0.224 e. The first-order valence-corrected chi connectivity index (χ1v) is 7.20. The molecule has 4 heteroatoms. The summed E-state index contributed by atoms with van der Waals surface area (Å²) in [5.74, 6) is 0.153. The van der Waals surface area contributed by atoms with Gasteiger partial charge < -0.3 is 15.4 Å². The molecule has 1 aliphatic heterocycles. The monoisotopic (exact) mass is 270 g/mol. The third-order valence-electron chi connectivity index (χ3n) is 3.23. The molecule has 1 aliphatic rings. The molecule has 0 saturated carbocycles. The molecule has 2 unspecified atom stereocenters. The number of rotatable bonds is 3. The van der Waals surface area contributed by atoms with Gasteiger partial charge in [0.2, 0.25) is 5.91 Å². The number of carbonyl (C=O) groups is 1. The Bertz CT molecular complexity index is 321. The number of nitrogens with two attached hydrogens (primary N) is 1. The highest BCUT2D eigenvalue weighted by Crippen LogP contribution is 2.24. The molecule has 1 saturated heterocycles. The van der Waals surface area contributed by atoms with Gasteiger partial charge in [-0.25, -0.2) is 0 Å². The van der Waals surface area contributed by atoms with E-state index in [1.165, 1.54) is 0 Å². The van der Waals surface area contributed by atoms with E-state index in [9.17, 15) is 4.79 Å². The van der Waals surface area contributed by atoms with Crippen molar-refractivity contribution in [3.63, 3.8) is 0 Å². The molecule has 2 atom stereocenters. The van der Waals surface area contributed by atoms with Crippen molar-refractivity contribution < 1.29 is 9.53 Å². The number of hydrogen-bond acceptors (Lipinski definition) is 3. The van der Waals surface area contributed by atoms with Crippen LogP contribution in [0.4, 0.5) is 0 Å². The van der Waals surface area contributed by atoms with Crippen LogP contribution in [0.15, 0.2) is 0 Å².